The van der Waals surface area contributed by atoms with E-state index in [-0.39, 0.29) is 5.69 Å². The molecule has 8 heteroatoms. The highest BCUT2D eigenvalue weighted by atomic mass is 16.4. The summed E-state index contributed by atoms with van der Waals surface area (Å²) in [6.45, 7) is 1.79. The van der Waals surface area contributed by atoms with Gasteiger partial charge in [0.15, 0.2) is 5.69 Å². The molecular weight excluding hydrogens is 260 g/mol. The molecule has 3 aromatic rings. The standard InChI is InChI=1S/C12H10N6O2/c1-7-5-10(12(19)20)15-18(7)9-4-2-3-8(6-9)11-13-16-17-14-11/h2-6H,1H3,(H,19,20)(H,13,14,16,17). The molecule has 2 N–H and O–H groups in total. The van der Waals surface area contributed by atoms with Gasteiger partial charge in [-0.15, -0.1) is 10.2 Å². The minimum atomic E-state index is -1.05. The molecule has 0 aliphatic carbocycles. The molecule has 0 atom stereocenters. The fourth-order valence-corrected chi connectivity index (χ4v) is 1.90. The SMILES string of the molecule is Cc1cc(C(=O)O)nn1-c1cccc(-c2nn[nH]n2)c1. The van der Waals surface area contributed by atoms with Crippen LogP contribution in [0, 0.1) is 6.92 Å². The lowest BCUT2D eigenvalue weighted by Crippen LogP contribution is -2.02. The summed E-state index contributed by atoms with van der Waals surface area (Å²) in [6.07, 6.45) is 0. The summed E-state index contributed by atoms with van der Waals surface area (Å²) < 4.78 is 1.56. The van der Waals surface area contributed by atoms with Crippen LogP contribution in [0.5, 0.6) is 0 Å². The zero-order chi connectivity index (χ0) is 14.1. The fraction of sp³-hybridized carbons (Fsp3) is 0.0833. The second kappa shape index (κ2) is 4.57. The van der Waals surface area contributed by atoms with Gasteiger partial charge in [0.2, 0.25) is 5.82 Å². The Hall–Kier alpha value is -3.03. The number of carboxylic acid groups (broad SMARTS) is 1. The van der Waals surface area contributed by atoms with Gasteiger partial charge in [-0.1, -0.05) is 12.1 Å². The molecule has 0 bridgehead atoms. The Labute approximate surface area is 113 Å². The Bertz CT molecular complexity index is 762. The number of aromatic amines is 1. The third kappa shape index (κ3) is 2.03. The lowest BCUT2D eigenvalue weighted by Gasteiger charge is -2.05. The van der Waals surface area contributed by atoms with Crippen molar-refractivity contribution in [3.05, 3.63) is 41.7 Å². The minimum absolute atomic E-state index is 0.00691. The van der Waals surface area contributed by atoms with Gasteiger partial charge in [0, 0.05) is 11.3 Å². The number of aryl methyl sites for hydroxylation is 1. The molecule has 1 aromatic carbocycles. The first-order valence-corrected chi connectivity index (χ1v) is 5.79. The summed E-state index contributed by atoms with van der Waals surface area (Å²) in [5.74, 6) is -0.587. The number of hydrogen-bond donors (Lipinski definition) is 2. The summed E-state index contributed by atoms with van der Waals surface area (Å²) in [6, 6.07) is 8.82. The number of H-pyrrole nitrogens is 1. The fourth-order valence-electron chi connectivity index (χ4n) is 1.90. The number of nitrogens with one attached hydrogen (secondary N) is 1. The van der Waals surface area contributed by atoms with Crippen molar-refractivity contribution >= 4 is 5.97 Å². The molecule has 0 saturated heterocycles. The molecule has 3 rings (SSSR count). The molecule has 2 heterocycles. The van der Waals surface area contributed by atoms with Crippen LogP contribution in [0.1, 0.15) is 16.2 Å². The van der Waals surface area contributed by atoms with E-state index in [2.05, 4.69) is 25.7 Å². The quantitative estimate of drug-likeness (QED) is 0.736. The lowest BCUT2D eigenvalue weighted by atomic mass is 10.2. The lowest BCUT2D eigenvalue weighted by molar-refractivity contribution is 0.0690. The number of aromatic nitrogens is 6. The van der Waals surface area contributed by atoms with Crippen LogP contribution in [0.15, 0.2) is 30.3 Å². The van der Waals surface area contributed by atoms with E-state index >= 15 is 0 Å². The molecule has 0 unspecified atom stereocenters. The van der Waals surface area contributed by atoms with Crippen molar-refractivity contribution in [3.63, 3.8) is 0 Å². The maximum atomic E-state index is 10.9. The molecule has 20 heavy (non-hydrogen) atoms. The summed E-state index contributed by atoms with van der Waals surface area (Å²) >= 11 is 0. The van der Waals surface area contributed by atoms with Crippen LogP contribution < -0.4 is 0 Å². The van der Waals surface area contributed by atoms with Crippen LogP contribution in [0.25, 0.3) is 17.1 Å². The Morgan fingerprint density at radius 2 is 2.20 bits per heavy atom. The zero-order valence-electron chi connectivity index (χ0n) is 10.5. The first-order chi connectivity index (χ1) is 9.65. The number of tetrazole rings is 1. The van der Waals surface area contributed by atoms with Crippen LogP contribution in [0.3, 0.4) is 0 Å². The number of benzene rings is 1. The molecule has 0 aliphatic heterocycles. The van der Waals surface area contributed by atoms with Crippen LogP contribution in [-0.4, -0.2) is 41.5 Å². The highest BCUT2D eigenvalue weighted by Crippen LogP contribution is 2.19. The van der Waals surface area contributed by atoms with Crippen molar-refractivity contribution in [1.82, 2.24) is 30.4 Å². The van der Waals surface area contributed by atoms with E-state index in [1.54, 1.807) is 11.6 Å². The number of aromatic carboxylic acids is 1. The van der Waals surface area contributed by atoms with Gasteiger partial charge in [0.25, 0.3) is 0 Å². The van der Waals surface area contributed by atoms with E-state index < -0.39 is 5.97 Å². The van der Waals surface area contributed by atoms with Crippen LogP contribution in [0.4, 0.5) is 0 Å². The van der Waals surface area contributed by atoms with E-state index in [0.29, 0.717) is 5.82 Å². The average Bonchev–Trinajstić information content (AvgIpc) is 3.08. The number of carboxylic acids is 1. The maximum Gasteiger partial charge on any atom is 0.356 e. The number of hydrogen-bond acceptors (Lipinski definition) is 5. The Balaban J connectivity index is 2.07. The molecular formula is C12H10N6O2. The highest BCUT2D eigenvalue weighted by molar-refractivity contribution is 5.85. The van der Waals surface area contributed by atoms with Crippen molar-refractivity contribution in [3.8, 4) is 17.1 Å². The third-order valence-corrected chi connectivity index (χ3v) is 2.80. The Morgan fingerprint density at radius 1 is 1.35 bits per heavy atom. The van der Waals surface area contributed by atoms with Crippen molar-refractivity contribution in [2.75, 3.05) is 0 Å². The van der Waals surface area contributed by atoms with Crippen LogP contribution in [-0.2, 0) is 0 Å². The molecule has 0 fully saturated rings. The van der Waals surface area contributed by atoms with Gasteiger partial charge in [0.05, 0.1) is 5.69 Å². The predicted molar refractivity (Wildman–Crippen MR) is 68.4 cm³/mol. The van der Waals surface area contributed by atoms with E-state index in [9.17, 15) is 4.79 Å². The van der Waals surface area contributed by atoms with Gasteiger partial charge in [-0.3, -0.25) is 0 Å². The van der Waals surface area contributed by atoms with Gasteiger partial charge in [-0.05, 0) is 30.3 Å². The second-order valence-corrected chi connectivity index (χ2v) is 4.17. The van der Waals surface area contributed by atoms with Crippen LogP contribution in [0.2, 0.25) is 0 Å². The number of nitrogens with zero attached hydrogens (tertiary/aromatic N) is 5. The maximum absolute atomic E-state index is 10.9. The molecule has 2 aromatic heterocycles. The van der Waals surface area contributed by atoms with Gasteiger partial charge in [-0.25, -0.2) is 9.48 Å². The van der Waals surface area contributed by atoms with Gasteiger partial charge in [0.1, 0.15) is 0 Å². The largest absolute Gasteiger partial charge is 0.476 e. The first-order valence-electron chi connectivity index (χ1n) is 5.79. The van der Waals surface area contributed by atoms with Crippen molar-refractivity contribution < 1.29 is 9.90 Å². The van der Waals surface area contributed by atoms with Gasteiger partial charge < -0.3 is 5.11 Å². The summed E-state index contributed by atoms with van der Waals surface area (Å²) in [5, 5.41) is 26.7. The number of carbonyl (C=O) groups is 1. The molecule has 100 valence electrons. The molecule has 0 aliphatic rings. The van der Waals surface area contributed by atoms with Crippen LogP contribution >= 0.6 is 0 Å². The Morgan fingerprint density at radius 3 is 2.85 bits per heavy atom. The molecule has 8 nitrogen and oxygen atoms in total. The number of rotatable bonds is 3. The summed E-state index contributed by atoms with van der Waals surface area (Å²) in [7, 11) is 0. The first kappa shape index (κ1) is 12.0. The third-order valence-electron chi connectivity index (χ3n) is 2.80. The highest BCUT2D eigenvalue weighted by Gasteiger charge is 2.12. The smallest absolute Gasteiger partial charge is 0.356 e. The second-order valence-electron chi connectivity index (χ2n) is 4.17. The zero-order valence-corrected chi connectivity index (χ0v) is 10.5. The van der Waals surface area contributed by atoms with Crippen molar-refractivity contribution in [2.24, 2.45) is 0 Å². The predicted octanol–water partition coefficient (Wildman–Crippen LogP) is 1.06. The van der Waals surface area contributed by atoms with E-state index in [1.807, 2.05) is 24.3 Å². The normalized spacial score (nSPS) is 10.7. The molecule has 0 saturated carbocycles. The van der Waals surface area contributed by atoms with Crippen molar-refractivity contribution in [2.45, 2.75) is 6.92 Å². The van der Waals surface area contributed by atoms with E-state index in [4.69, 9.17) is 5.11 Å². The average molecular weight is 270 g/mol. The van der Waals surface area contributed by atoms with Gasteiger partial charge in [-0.2, -0.15) is 10.3 Å². The molecule has 0 radical (unpaired) electrons. The Kier molecular flexibility index (Phi) is 2.75. The molecule has 0 spiro atoms. The topological polar surface area (TPSA) is 110 Å². The van der Waals surface area contributed by atoms with E-state index in [0.717, 1.165) is 16.9 Å². The monoisotopic (exact) mass is 270 g/mol. The van der Waals surface area contributed by atoms with Crippen molar-refractivity contribution in [1.29, 1.82) is 0 Å². The minimum Gasteiger partial charge on any atom is -0.476 e. The molecule has 0 amide bonds. The van der Waals surface area contributed by atoms with E-state index in [1.165, 1.54) is 6.07 Å². The summed E-state index contributed by atoms with van der Waals surface area (Å²) in [5.41, 5.74) is 2.24. The van der Waals surface area contributed by atoms with Gasteiger partial charge >= 0.3 is 5.97 Å². The summed E-state index contributed by atoms with van der Waals surface area (Å²) in [4.78, 5) is 10.9.